The smallest absolute Gasteiger partial charge is 0.118 e. The van der Waals surface area contributed by atoms with E-state index in [0.717, 1.165) is 33.4 Å². The highest BCUT2D eigenvalue weighted by molar-refractivity contribution is 5.47. The molecule has 0 unspecified atom stereocenters. The van der Waals surface area contributed by atoms with Crippen LogP contribution in [0.4, 0.5) is 0 Å². The van der Waals surface area contributed by atoms with Crippen LogP contribution in [0, 0.1) is 13.8 Å². The van der Waals surface area contributed by atoms with Crippen LogP contribution in [-0.4, -0.2) is 20.4 Å². The number of aryl methyl sites for hydroxylation is 2. The van der Waals surface area contributed by atoms with Gasteiger partial charge in [-0.05, 0) is 90.0 Å². The number of benzene rings is 4. The molecule has 4 aromatic rings. The fourth-order valence-corrected chi connectivity index (χ4v) is 4.69. The number of aromatic hydroxyl groups is 4. The molecule has 4 aromatic carbocycles. The predicted molar refractivity (Wildman–Crippen MR) is 135 cm³/mol. The normalized spacial score (nSPS) is 11.6. The summed E-state index contributed by atoms with van der Waals surface area (Å²) in [7, 11) is 0. The average molecular weight is 455 g/mol. The van der Waals surface area contributed by atoms with E-state index < -0.39 is 5.41 Å². The van der Waals surface area contributed by atoms with Gasteiger partial charge < -0.3 is 20.4 Å². The van der Waals surface area contributed by atoms with Gasteiger partial charge in [0.2, 0.25) is 0 Å². The van der Waals surface area contributed by atoms with Gasteiger partial charge in [0.25, 0.3) is 0 Å². The van der Waals surface area contributed by atoms with Crippen LogP contribution in [0.2, 0.25) is 0 Å². The Morgan fingerprint density at radius 2 is 0.971 bits per heavy atom. The van der Waals surface area contributed by atoms with Crippen molar-refractivity contribution in [1.29, 1.82) is 0 Å². The Morgan fingerprint density at radius 3 is 1.32 bits per heavy atom. The molecule has 0 radical (unpaired) electrons. The average Bonchev–Trinajstić information content (AvgIpc) is 2.82. The van der Waals surface area contributed by atoms with Crippen LogP contribution in [-0.2, 0) is 5.41 Å². The van der Waals surface area contributed by atoms with Crippen LogP contribution >= 0.6 is 0 Å². The Balaban J connectivity index is 1.90. The molecule has 0 aliphatic heterocycles. The number of phenols is 4. The summed E-state index contributed by atoms with van der Waals surface area (Å²) in [6, 6.07) is 25.9. The lowest BCUT2D eigenvalue weighted by Gasteiger charge is -2.35. The molecule has 0 saturated carbocycles. The van der Waals surface area contributed by atoms with E-state index in [1.807, 2.05) is 62.4 Å². The second-order valence-corrected chi connectivity index (χ2v) is 9.27. The highest BCUT2D eigenvalue weighted by Crippen LogP contribution is 2.45. The zero-order valence-corrected chi connectivity index (χ0v) is 19.7. The third-order valence-corrected chi connectivity index (χ3v) is 6.87. The molecule has 4 N–H and O–H groups in total. The molecular weight excluding hydrogens is 424 g/mol. The minimum Gasteiger partial charge on any atom is -0.508 e. The van der Waals surface area contributed by atoms with Gasteiger partial charge in [0.15, 0.2) is 0 Å². The summed E-state index contributed by atoms with van der Waals surface area (Å²) in [6.07, 6.45) is 0.678. The second-order valence-electron chi connectivity index (χ2n) is 9.27. The quantitative estimate of drug-likeness (QED) is 0.263. The van der Waals surface area contributed by atoms with Gasteiger partial charge in [-0.2, -0.15) is 0 Å². The van der Waals surface area contributed by atoms with Crippen molar-refractivity contribution in [2.45, 2.75) is 38.5 Å². The van der Waals surface area contributed by atoms with Gasteiger partial charge in [0.1, 0.15) is 23.0 Å². The van der Waals surface area contributed by atoms with E-state index in [0.29, 0.717) is 6.42 Å². The Labute approximate surface area is 200 Å². The largest absolute Gasteiger partial charge is 0.508 e. The summed E-state index contributed by atoms with van der Waals surface area (Å²) in [5, 5.41) is 40.1. The van der Waals surface area contributed by atoms with Crippen LogP contribution in [0.1, 0.15) is 52.6 Å². The first-order valence-corrected chi connectivity index (χ1v) is 11.4. The third kappa shape index (κ3) is 4.58. The molecule has 0 aromatic heterocycles. The lowest BCUT2D eigenvalue weighted by Crippen LogP contribution is -2.27. The molecule has 0 aliphatic carbocycles. The van der Waals surface area contributed by atoms with Crippen LogP contribution in [0.15, 0.2) is 84.9 Å². The second kappa shape index (κ2) is 9.14. The Kier molecular flexibility index (Phi) is 6.25. The summed E-state index contributed by atoms with van der Waals surface area (Å²) >= 11 is 0. The van der Waals surface area contributed by atoms with Gasteiger partial charge in [0.05, 0.1) is 0 Å². The lowest BCUT2D eigenvalue weighted by atomic mass is 9.68. The van der Waals surface area contributed by atoms with E-state index in [-0.39, 0.29) is 28.9 Å². The molecule has 0 atom stereocenters. The Bertz CT molecular complexity index is 1190. The molecular formula is C30H30O4. The monoisotopic (exact) mass is 454 g/mol. The van der Waals surface area contributed by atoms with Crippen LogP contribution in [0.5, 0.6) is 23.0 Å². The van der Waals surface area contributed by atoms with Gasteiger partial charge in [0, 0.05) is 11.3 Å². The highest BCUT2D eigenvalue weighted by Gasteiger charge is 2.34. The lowest BCUT2D eigenvalue weighted by molar-refractivity contribution is 0.462. The van der Waals surface area contributed by atoms with Gasteiger partial charge in [-0.15, -0.1) is 0 Å². The zero-order valence-electron chi connectivity index (χ0n) is 19.7. The van der Waals surface area contributed by atoms with Crippen molar-refractivity contribution in [2.24, 2.45) is 0 Å². The highest BCUT2D eigenvalue weighted by atomic mass is 16.3. The maximum absolute atomic E-state index is 10.1. The number of rotatable bonds is 6. The molecule has 4 heteroatoms. The van der Waals surface area contributed by atoms with Crippen molar-refractivity contribution >= 4 is 0 Å². The standard InChI is InChI=1S/C30H30O4/c1-19-16-21(4-14-28(19)33)27(22-5-15-29(34)20(2)17-22)18-30(3,23-6-10-25(31)11-7-23)24-8-12-26(32)13-9-24/h4-17,27,31-34H,18H2,1-3H3. The molecule has 0 spiro atoms. The number of hydrogen-bond donors (Lipinski definition) is 4. The summed E-state index contributed by atoms with van der Waals surface area (Å²) in [6.45, 7) is 5.94. The first kappa shape index (κ1) is 23.2. The van der Waals surface area contributed by atoms with Gasteiger partial charge in [-0.25, -0.2) is 0 Å². The fraction of sp³-hybridized carbons (Fsp3) is 0.200. The molecule has 0 saturated heterocycles. The van der Waals surface area contributed by atoms with Crippen molar-refractivity contribution in [1.82, 2.24) is 0 Å². The van der Waals surface area contributed by atoms with Crippen molar-refractivity contribution in [2.75, 3.05) is 0 Å². The number of phenolic OH excluding ortho intramolecular Hbond substituents is 4. The summed E-state index contributed by atoms with van der Waals surface area (Å²) in [4.78, 5) is 0. The van der Waals surface area contributed by atoms with Crippen molar-refractivity contribution < 1.29 is 20.4 Å². The van der Waals surface area contributed by atoms with Crippen LogP contribution in [0.3, 0.4) is 0 Å². The number of hydrogen-bond acceptors (Lipinski definition) is 4. The minimum absolute atomic E-state index is 0.0498. The first-order valence-electron chi connectivity index (χ1n) is 11.4. The van der Waals surface area contributed by atoms with E-state index >= 15 is 0 Å². The molecule has 0 fully saturated rings. The maximum atomic E-state index is 10.1. The molecule has 0 heterocycles. The Hall–Kier alpha value is -3.92. The fourth-order valence-electron chi connectivity index (χ4n) is 4.69. The summed E-state index contributed by atoms with van der Waals surface area (Å²) in [5.41, 5.74) is 5.32. The van der Waals surface area contributed by atoms with E-state index in [1.54, 1.807) is 36.4 Å². The molecule has 0 amide bonds. The molecule has 0 aliphatic rings. The van der Waals surface area contributed by atoms with Gasteiger partial charge in [-0.1, -0.05) is 55.5 Å². The molecule has 4 rings (SSSR count). The van der Waals surface area contributed by atoms with E-state index in [1.165, 1.54) is 0 Å². The molecule has 174 valence electrons. The third-order valence-electron chi connectivity index (χ3n) is 6.87. The van der Waals surface area contributed by atoms with Crippen LogP contribution in [0.25, 0.3) is 0 Å². The molecule has 34 heavy (non-hydrogen) atoms. The summed E-state index contributed by atoms with van der Waals surface area (Å²) < 4.78 is 0. The minimum atomic E-state index is -0.469. The Morgan fingerprint density at radius 1 is 0.588 bits per heavy atom. The zero-order chi connectivity index (χ0) is 24.5. The SMILES string of the molecule is Cc1cc(C(CC(C)(c2ccc(O)cc2)c2ccc(O)cc2)c2ccc(O)c(C)c2)ccc1O. The van der Waals surface area contributed by atoms with E-state index in [9.17, 15) is 20.4 Å². The van der Waals surface area contributed by atoms with E-state index in [4.69, 9.17) is 0 Å². The van der Waals surface area contributed by atoms with Crippen molar-refractivity contribution in [3.05, 3.63) is 118 Å². The summed E-state index contributed by atoms with van der Waals surface area (Å²) in [5.74, 6) is 0.869. The van der Waals surface area contributed by atoms with Crippen molar-refractivity contribution in [3.8, 4) is 23.0 Å². The van der Waals surface area contributed by atoms with Crippen LogP contribution < -0.4 is 0 Å². The van der Waals surface area contributed by atoms with Gasteiger partial charge in [-0.3, -0.25) is 0 Å². The van der Waals surface area contributed by atoms with E-state index in [2.05, 4.69) is 6.92 Å². The maximum Gasteiger partial charge on any atom is 0.118 e. The predicted octanol–water partition coefficient (Wildman–Crippen LogP) is 6.65. The van der Waals surface area contributed by atoms with Crippen molar-refractivity contribution in [3.63, 3.8) is 0 Å². The molecule has 0 bridgehead atoms. The first-order chi connectivity index (χ1) is 16.2. The topological polar surface area (TPSA) is 80.9 Å². The van der Waals surface area contributed by atoms with Gasteiger partial charge >= 0.3 is 0 Å². The molecule has 4 nitrogen and oxygen atoms in total.